The molecule has 0 aliphatic heterocycles. The highest BCUT2D eigenvalue weighted by Crippen LogP contribution is 2.32. The first-order valence-electron chi connectivity index (χ1n) is 6.59. The van der Waals surface area contributed by atoms with Crippen molar-refractivity contribution in [3.63, 3.8) is 0 Å². The topological polar surface area (TPSA) is 68.0 Å². The molecule has 0 atom stereocenters. The number of alkyl halides is 3. The number of carbonyl (C=O) groups is 1. The van der Waals surface area contributed by atoms with Gasteiger partial charge in [0.05, 0.1) is 10.6 Å². The summed E-state index contributed by atoms with van der Waals surface area (Å²) in [5.41, 5.74) is 4.17. The summed E-state index contributed by atoms with van der Waals surface area (Å²) in [6.45, 7) is 0.0107. The Balaban J connectivity index is 0.00000288. The lowest BCUT2D eigenvalue weighted by atomic mass is 10.1. The van der Waals surface area contributed by atoms with E-state index in [1.807, 2.05) is 0 Å². The molecule has 0 aliphatic rings. The van der Waals surface area contributed by atoms with Crippen LogP contribution in [-0.4, -0.2) is 17.4 Å². The largest absolute Gasteiger partial charge is 0.416 e. The number of amides is 1. The average Bonchev–Trinajstić information content (AvgIpc) is 2.94. The van der Waals surface area contributed by atoms with Crippen LogP contribution in [0.25, 0.3) is 0 Å². The molecule has 0 radical (unpaired) electrons. The maximum atomic E-state index is 13.0. The van der Waals surface area contributed by atoms with Gasteiger partial charge >= 0.3 is 6.18 Å². The Morgan fingerprint density at radius 1 is 1.33 bits per heavy atom. The number of halogens is 5. The van der Waals surface area contributed by atoms with E-state index in [1.165, 1.54) is 16.7 Å². The van der Waals surface area contributed by atoms with Crippen LogP contribution in [0.1, 0.15) is 26.6 Å². The molecule has 1 heterocycles. The number of benzene rings is 1. The third kappa shape index (κ3) is 5.15. The molecule has 0 saturated heterocycles. The number of hydrogen-bond donors (Lipinski definition) is 2. The van der Waals surface area contributed by atoms with Crippen LogP contribution in [0.2, 0.25) is 0 Å². The fourth-order valence-corrected chi connectivity index (χ4v) is 2.68. The molecule has 0 unspecified atom stereocenters. The smallest absolute Gasteiger partial charge is 0.347 e. The molecule has 0 bridgehead atoms. The first-order chi connectivity index (χ1) is 10.8. The van der Waals surface area contributed by atoms with Crippen molar-refractivity contribution >= 4 is 29.7 Å². The minimum atomic E-state index is -4.70. The van der Waals surface area contributed by atoms with Gasteiger partial charge in [0.15, 0.2) is 0 Å². The zero-order chi connectivity index (χ0) is 17.0. The number of thiazole rings is 1. The lowest BCUT2D eigenvalue weighted by Crippen LogP contribution is -2.25. The molecule has 10 heteroatoms. The first-order valence-corrected chi connectivity index (χ1v) is 7.47. The van der Waals surface area contributed by atoms with Gasteiger partial charge in [-0.05, 0) is 24.2 Å². The van der Waals surface area contributed by atoms with Crippen LogP contribution in [0.5, 0.6) is 0 Å². The molecule has 0 fully saturated rings. The van der Waals surface area contributed by atoms with Gasteiger partial charge in [0.25, 0.3) is 5.91 Å². The predicted molar refractivity (Wildman–Crippen MR) is 84.7 cm³/mol. The molecule has 1 aromatic heterocycles. The van der Waals surface area contributed by atoms with E-state index in [9.17, 15) is 22.4 Å². The van der Waals surface area contributed by atoms with Crippen LogP contribution in [0.3, 0.4) is 0 Å². The lowest BCUT2D eigenvalue weighted by Gasteiger charge is -2.13. The molecule has 0 spiro atoms. The minimum absolute atomic E-state index is 0. The van der Waals surface area contributed by atoms with Crippen LogP contribution in [0, 0.1) is 5.82 Å². The summed E-state index contributed by atoms with van der Waals surface area (Å²) in [7, 11) is 0. The highest BCUT2D eigenvalue weighted by molar-refractivity contribution is 7.09. The van der Waals surface area contributed by atoms with E-state index in [0.29, 0.717) is 24.0 Å². The Morgan fingerprint density at radius 3 is 2.67 bits per heavy atom. The van der Waals surface area contributed by atoms with Gasteiger partial charge in [0.1, 0.15) is 11.5 Å². The van der Waals surface area contributed by atoms with E-state index < -0.39 is 23.5 Å². The maximum Gasteiger partial charge on any atom is 0.416 e. The predicted octanol–water partition coefficient (Wildman–Crippen LogP) is 3.15. The summed E-state index contributed by atoms with van der Waals surface area (Å²) in [5, 5.41) is 4.54. The second kappa shape index (κ2) is 8.41. The molecule has 24 heavy (non-hydrogen) atoms. The summed E-state index contributed by atoms with van der Waals surface area (Å²) in [5.74, 6) is -1.58. The zero-order valence-corrected chi connectivity index (χ0v) is 13.8. The monoisotopic (exact) mass is 383 g/mol. The van der Waals surface area contributed by atoms with Gasteiger partial charge in [0, 0.05) is 18.3 Å². The van der Waals surface area contributed by atoms with E-state index in [0.717, 1.165) is 12.1 Å². The summed E-state index contributed by atoms with van der Waals surface area (Å²) in [6.07, 6.45) is -4.18. The maximum absolute atomic E-state index is 13.0. The fraction of sp³-hybridized carbons (Fsp3) is 0.286. The highest BCUT2D eigenvalue weighted by atomic mass is 35.5. The Labute approximate surface area is 145 Å². The molecular weight excluding hydrogens is 370 g/mol. The number of carbonyl (C=O) groups excluding carboxylic acids is 1. The molecular formula is C14H14ClF4N3OS. The van der Waals surface area contributed by atoms with E-state index in [-0.39, 0.29) is 30.2 Å². The van der Waals surface area contributed by atoms with Crippen molar-refractivity contribution in [1.29, 1.82) is 0 Å². The van der Waals surface area contributed by atoms with Crippen molar-refractivity contribution in [3.05, 3.63) is 51.2 Å². The molecule has 2 rings (SSSR count). The van der Waals surface area contributed by atoms with E-state index >= 15 is 0 Å². The summed E-state index contributed by atoms with van der Waals surface area (Å²) >= 11 is 1.25. The number of nitrogens with two attached hydrogens (primary N) is 1. The molecule has 132 valence electrons. The molecule has 3 N–H and O–H groups in total. The van der Waals surface area contributed by atoms with Crippen LogP contribution in [-0.2, 0) is 19.1 Å². The third-order valence-electron chi connectivity index (χ3n) is 2.96. The Morgan fingerprint density at radius 2 is 2.04 bits per heavy atom. The normalized spacial score (nSPS) is 11.0. The van der Waals surface area contributed by atoms with E-state index in [4.69, 9.17) is 5.73 Å². The van der Waals surface area contributed by atoms with Crippen molar-refractivity contribution in [2.75, 3.05) is 6.54 Å². The van der Waals surface area contributed by atoms with Crippen molar-refractivity contribution in [2.24, 2.45) is 5.73 Å². The molecule has 0 saturated carbocycles. The van der Waals surface area contributed by atoms with Gasteiger partial charge < -0.3 is 11.1 Å². The SMILES string of the molecule is Cl.NCCc1nc(C(=O)NCc2ccc(F)cc2C(F)(F)F)cs1. The molecule has 4 nitrogen and oxygen atoms in total. The first kappa shape index (κ1) is 20.3. The van der Waals surface area contributed by atoms with E-state index in [1.54, 1.807) is 0 Å². The second-order valence-corrected chi connectivity index (χ2v) is 5.59. The van der Waals surface area contributed by atoms with Gasteiger partial charge in [-0.1, -0.05) is 6.07 Å². The average molecular weight is 384 g/mol. The van der Waals surface area contributed by atoms with E-state index in [2.05, 4.69) is 10.3 Å². The Hall–Kier alpha value is -1.71. The third-order valence-corrected chi connectivity index (χ3v) is 3.87. The van der Waals surface area contributed by atoms with Gasteiger partial charge in [-0.25, -0.2) is 9.37 Å². The summed E-state index contributed by atoms with van der Waals surface area (Å²) in [4.78, 5) is 16.0. The molecule has 1 aromatic carbocycles. The van der Waals surface area contributed by atoms with Crippen molar-refractivity contribution in [1.82, 2.24) is 10.3 Å². The second-order valence-electron chi connectivity index (χ2n) is 4.65. The van der Waals surface area contributed by atoms with Crippen LogP contribution in [0.4, 0.5) is 17.6 Å². The van der Waals surface area contributed by atoms with Crippen LogP contribution < -0.4 is 11.1 Å². The Bertz CT molecular complexity index is 706. The number of rotatable bonds is 5. The Kier molecular flexibility index (Phi) is 7.12. The van der Waals surface area contributed by atoms with Crippen molar-refractivity contribution < 1.29 is 22.4 Å². The van der Waals surface area contributed by atoms with Crippen molar-refractivity contribution in [3.8, 4) is 0 Å². The molecule has 2 aromatic rings. The molecule has 1 amide bonds. The van der Waals surface area contributed by atoms with Gasteiger partial charge in [-0.15, -0.1) is 23.7 Å². The van der Waals surface area contributed by atoms with Crippen molar-refractivity contribution in [2.45, 2.75) is 19.1 Å². The fourth-order valence-electron chi connectivity index (χ4n) is 1.89. The highest BCUT2D eigenvalue weighted by Gasteiger charge is 2.33. The lowest BCUT2D eigenvalue weighted by molar-refractivity contribution is -0.138. The number of nitrogens with zero attached hydrogens (tertiary/aromatic N) is 1. The molecule has 0 aliphatic carbocycles. The standard InChI is InChI=1S/C14H13F4N3OS.ClH/c15-9-2-1-8(10(5-9)14(16,17)18)6-20-13(22)11-7-23-12(21-11)3-4-19;/h1-2,5,7H,3-4,6,19H2,(H,20,22);1H. The van der Waals surface area contributed by atoms with Gasteiger partial charge in [0.2, 0.25) is 0 Å². The number of nitrogens with one attached hydrogen (secondary N) is 1. The number of aromatic nitrogens is 1. The van der Waals surface area contributed by atoms with Crippen LogP contribution in [0.15, 0.2) is 23.6 Å². The van der Waals surface area contributed by atoms with Crippen LogP contribution >= 0.6 is 23.7 Å². The number of hydrogen-bond acceptors (Lipinski definition) is 4. The quantitative estimate of drug-likeness (QED) is 0.779. The zero-order valence-electron chi connectivity index (χ0n) is 12.2. The van der Waals surface area contributed by atoms with Gasteiger partial charge in [-0.2, -0.15) is 13.2 Å². The summed E-state index contributed by atoms with van der Waals surface area (Å²) < 4.78 is 51.6. The summed E-state index contributed by atoms with van der Waals surface area (Å²) in [6, 6.07) is 2.32. The van der Waals surface area contributed by atoms with Gasteiger partial charge in [-0.3, -0.25) is 4.79 Å². The minimum Gasteiger partial charge on any atom is -0.347 e.